The minimum atomic E-state index is 0. The van der Waals surface area contributed by atoms with Gasteiger partial charge in [0.1, 0.15) is 6.29 Å². The van der Waals surface area contributed by atoms with Gasteiger partial charge in [-0.25, -0.2) is 0 Å². The van der Waals surface area contributed by atoms with Crippen LogP contribution >= 0.6 is 0 Å². The maximum absolute atomic E-state index is 8.81. The molecule has 0 aliphatic rings. The summed E-state index contributed by atoms with van der Waals surface area (Å²) in [6, 6.07) is 0. The highest BCUT2D eigenvalue weighted by atomic mass is 27.0. The lowest BCUT2D eigenvalue weighted by molar-refractivity contribution is -0.106. The van der Waals surface area contributed by atoms with E-state index in [0.717, 1.165) is 6.29 Å². The van der Waals surface area contributed by atoms with Crippen LogP contribution in [0.5, 0.6) is 0 Å². The predicted molar refractivity (Wildman–Crippen MR) is 17.5 cm³/mol. The van der Waals surface area contributed by atoms with Crippen LogP contribution in [0.1, 0.15) is 6.92 Å². The zero-order valence-electron chi connectivity index (χ0n) is 2.56. The molecule has 2 heteroatoms. The predicted octanol–water partition coefficient (Wildman–Crippen LogP) is -0.176. The number of carbonyl (C=O) groups is 1. The van der Waals surface area contributed by atoms with Crippen LogP contribution in [0.2, 0.25) is 0 Å². The van der Waals surface area contributed by atoms with Gasteiger partial charge in [-0.3, -0.25) is 0 Å². The largest absolute Gasteiger partial charge is 0.304 e. The molecule has 0 aromatic heterocycles. The molecule has 0 saturated carbocycles. The molecule has 0 aromatic carbocycles. The first-order valence-electron chi connectivity index (χ1n) is 0.813. The summed E-state index contributed by atoms with van der Waals surface area (Å²) < 4.78 is 0. The second-order valence-corrected chi connectivity index (χ2v) is 0.236. The van der Waals surface area contributed by atoms with E-state index >= 15 is 0 Å². The topological polar surface area (TPSA) is 17.1 Å². The standard InChI is InChI=1S/C2H4O.Al/c1-2-3;/h2H,1H3;. The van der Waals surface area contributed by atoms with Crippen molar-refractivity contribution in [2.75, 3.05) is 0 Å². The number of hydrogen-bond acceptors (Lipinski definition) is 1. The molecular formula is C2H4AlO. The van der Waals surface area contributed by atoms with Crippen molar-refractivity contribution in [3.05, 3.63) is 0 Å². The van der Waals surface area contributed by atoms with E-state index in [1.807, 2.05) is 0 Å². The van der Waals surface area contributed by atoms with Crippen LogP contribution in [0.15, 0.2) is 0 Å². The molecule has 0 aliphatic heterocycles. The molecule has 0 aromatic rings. The van der Waals surface area contributed by atoms with E-state index in [0.29, 0.717) is 0 Å². The summed E-state index contributed by atoms with van der Waals surface area (Å²) in [4.78, 5) is 8.81. The van der Waals surface area contributed by atoms with E-state index in [-0.39, 0.29) is 17.4 Å². The SMILES string of the molecule is CC=O.[Al]. The second kappa shape index (κ2) is 10.7. The van der Waals surface area contributed by atoms with Gasteiger partial charge in [0.15, 0.2) is 0 Å². The van der Waals surface area contributed by atoms with Crippen LogP contribution in [0.25, 0.3) is 0 Å². The van der Waals surface area contributed by atoms with Gasteiger partial charge in [-0.1, -0.05) is 0 Å². The maximum Gasteiger partial charge on any atom is 0.116 e. The zero-order valence-corrected chi connectivity index (χ0v) is 3.72. The smallest absolute Gasteiger partial charge is 0.116 e. The van der Waals surface area contributed by atoms with Gasteiger partial charge in [0.05, 0.1) is 0 Å². The van der Waals surface area contributed by atoms with Crippen LogP contribution in [-0.2, 0) is 4.79 Å². The molecule has 1 nitrogen and oxygen atoms in total. The third-order valence-electron chi connectivity index (χ3n) is 0. The summed E-state index contributed by atoms with van der Waals surface area (Å²) in [6.07, 6.45) is 0.750. The van der Waals surface area contributed by atoms with Crippen LogP contribution < -0.4 is 0 Å². The van der Waals surface area contributed by atoms with Gasteiger partial charge >= 0.3 is 0 Å². The van der Waals surface area contributed by atoms with Crippen LogP contribution in [0.3, 0.4) is 0 Å². The zero-order chi connectivity index (χ0) is 2.71. The van der Waals surface area contributed by atoms with Gasteiger partial charge in [0.2, 0.25) is 0 Å². The van der Waals surface area contributed by atoms with Gasteiger partial charge < -0.3 is 4.79 Å². The lowest BCUT2D eigenvalue weighted by atomic mass is 11.0. The average molecular weight is 71.0 g/mol. The molecule has 21 valence electrons. The molecule has 0 spiro atoms. The monoisotopic (exact) mass is 71.0 g/mol. The Hall–Kier alpha value is 0.202. The summed E-state index contributed by atoms with van der Waals surface area (Å²) in [7, 11) is 0. The van der Waals surface area contributed by atoms with Gasteiger partial charge in [0, 0.05) is 17.4 Å². The number of rotatable bonds is 0. The Kier molecular flexibility index (Phi) is 23.9. The van der Waals surface area contributed by atoms with E-state index in [4.69, 9.17) is 4.79 Å². The summed E-state index contributed by atoms with van der Waals surface area (Å²) >= 11 is 0. The molecular weight excluding hydrogens is 67.0 g/mol. The number of hydrogen-bond donors (Lipinski definition) is 0. The third kappa shape index (κ3) is 77.7. The van der Waals surface area contributed by atoms with Crippen molar-refractivity contribution in [2.45, 2.75) is 6.92 Å². The Morgan fingerprint density at radius 1 is 1.75 bits per heavy atom. The van der Waals surface area contributed by atoms with E-state index in [9.17, 15) is 0 Å². The molecule has 4 heavy (non-hydrogen) atoms. The molecule has 0 heterocycles. The number of carbonyl (C=O) groups excluding carboxylic acids is 1. The van der Waals surface area contributed by atoms with Gasteiger partial charge in [-0.05, 0) is 6.92 Å². The summed E-state index contributed by atoms with van der Waals surface area (Å²) in [5.74, 6) is 0. The van der Waals surface area contributed by atoms with Crippen molar-refractivity contribution in [3.8, 4) is 0 Å². The Balaban J connectivity index is 0. The Bertz CT molecular complexity index is 13.5. The fraction of sp³-hybridized carbons (Fsp3) is 0.500. The summed E-state index contributed by atoms with van der Waals surface area (Å²) in [5.41, 5.74) is 0. The fourth-order valence-corrected chi connectivity index (χ4v) is 0. The Morgan fingerprint density at radius 3 is 1.75 bits per heavy atom. The van der Waals surface area contributed by atoms with E-state index in [2.05, 4.69) is 0 Å². The molecule has 0 amide bonds. The highest BCUT2D eigenvalue weighted by Gasteiger charge is 1.24. The third-order valence-corrected chi connectivity index (χ3v) is 0. The highest BCUT2D eigenvalue weighted by Crippen LogP contribution is 1.13. The lowest BCUT2D eigenvalue weighted by Gasteiger charge is -1.23. The average Bonchev–Trinajstić information content (AvgIpc) is 0.918. The van der Waals surface area contributed by atoms with Crippen molar-refractivity contribution in [3.63, 3.8) is 0 Å². The Morgan fingerprint density at radius 2 is 1.75 bits per heavy atom. The first-order valence-corrected chi connectivity index (χ1v) is 0.813. The molecule has 0 saturated heterocycles. The van der Waals surface area contributed by atoms with E-state index in [1.54, 1.807) is 0 Å². The van der Waals surface area contributed by atoms with Crippen molar-refractivity contribution < 1.29 is 4.79 Å². The quantitative estimate of drug-likeness (QED) is 0.286. The molecule has 0 rings (SSSR count). The fourth-order valence-electron chi connectivity index (χ4n) is 0. The minimum Gasteiger partial charge on any atom is -0.304 e. The molecule has 0 aliphatic carbocycles. The normalized spacial score (nSPS) is 3.25. The molecule has 0 atom stereocenters. The van der Waals surface area contributed by atoms with Crippen molar-refractivity contribution >= 4 is 23.6 Å². The number of aldehydes is 1. The van der Waals surface area contributed by atoms with Crippen molar-refractivity contribution in [1.82, 2.24) is 0 Å². The van der Waals surface area contributed by atoms with Gasteiger partial charge in [-0.2, -0.15) is 0 Å². The van der Waals surface area contributed by atoms with Crippen LogP contribution in [0, 0.1) is 0 Å². The van der Waals surface area contributed by atoms with E-state index in [1.165, 1.54) is 6.92 Å². The second-order valence-electron chi connectivity index (χ2n) is 0.236. The molecule has 0 N–H and O–H groups in total. The molecule has 0 fully saturated rings. The highest BCUT2D eigenvalue weighted by molar-refractivity contribution is 5.75. The van der Waals surface area contributed by atoms with Crippen LogP contribution in [0.4, 0.5) is 0 Å². The van der Waals surface area contributed by atoms with Gasteiger partial charge in [0.25, 0.3) is 0 Å². The summed E-state index contributed by atoms with van der Waals surface area (Å²) in [5, 5.41) is 0. The first kappa shape index (κ1) is 8.88. The Labute approximate surface area is 36.1 Å². The van der Waals surface area contributed by atoms with Crippen LogP contribution in [-0.4, -0.2) is 23.6 Å². The van der Waals surface area contributed by atoms with Gasteiger partial charge in [-0.15, -0.1) is 0 Å². The minimum absolute atomic E-state index is 0. The van der Waals surface area contributed by atoms with Crippen molar-refractivity contribution in [1.29, 1.82) is 0 Å². The molecule has 0 bridgehead atoms. The van der Waals surface area contributed by atoms with Crippen molar-refractivity contribution in [2.24, 2.45) is 0 Å². The summed E-state index contributed by atoms with van der Waals surface area (Å²) in [6.45, 7) is 1.44. The molecule has 3 radical (unpaired) electrons. The lowest BCUT2D eigenvalue weighted by Crippen LogP contribution is -1.36. The first-order chi connectivity index (χ1) is 1.41. The molecule has 0 unspecified atom stereocenters. The maximum atomic E-state index is 8.81. The van der Waals surface area contributed by atoms with E-state index < -0.39 is 0 Å².